The number of rotatable bonds is 8. The van der Waals surface area contributed by atoms with E-state index in [1.54, 1.807) is 17.0 Å². The summed E-state index contributed by atoms with van der Waals surface area (Å²) >= 11 is 0. The maximum Gasteiger partial charge on any atom is 0.338 e. The fourth-order valence-electron chi connectivity index (χ4n) is 2.40. The molecule has 26 heavy (non-hydrogen) atoms. The van der Waals surface area contributed by atoms with E-state index in [-0.39, 0.29) is 19.1 Å². The summed E-state index contributed by atoms with van der Waals surface area (Å²) in [5.41, 5.74) is 7.46. The number of nitrogens with zero attached hydrogens (tertiary/aromatic N) is 1. The molecule has 1 amide bonds. The van der Waals surface area contributed by atoms with E-state index >= 15 is 0 Å². The van der Waals surface area contributed by atoms with Crippen LogP contribution in [0.1, 0.15) is 29.8 Å². The summed E-state index contributed by atoms with van der Waals surface area (Å²) < 4.78 is 10.8. The van der Waals surface area contributed by atoms with Crippen molar-refractivity contribution in [1.82, 2.24) is 4.90 Å². The van der Waals surface area contributed by atoms with E-state index < -0.39 is 5.97 Å². The van der Waals surface area contributed by atoms with Crippen molar-refractivity contribution in [2.24, 2.45) is 0 Å². The van der Waals surface area contributed by atoms with Crippen LogP contribution in [0, 0.1) is 0 Å². The molecule has 0 heterocycles. The van der Waals surface area contributed by atoms with Gasteiger partial charge in [-0.05, 0) is 37.6 Å². The number of carbonyl (C=O) groups is 2. The van der Waals surface area contributed by atoms with Crippen molar-refractivity contribution in [2.75, 3.05) is 25.4 Å². The molecule has 0 unspecified atom stereocenters. The number of hydrogen-bond acceptors (Lipinski definition) is 5. The van der Waals surface area contributed by atoms with Crippen LogP contribution in [-0.2, 0) is 16.1 Å². The number of nitrogen functional groups attached to an aromatic ring is 1. The van der Waals surface area contributed by atoms with Crippen molar-refractivity contribution in [3.8, 4) is 5.75 Å². The summed E-state index contributed by atoms with van der Waals surface area (Å²) in [5.74, 6) is -0.320. The molecular formula is C20H24N2O4. The average Bonchev–Trinajstić information content (AvgIpc) is 2.67. The van der Waals surface area contributed by atoms with Gasteiger partial charge in [0.05, 0.1) is 11.3 Å². The molecule has 0 fully saturated rings. The molecule has 0 saturated carbocycles. The van der Waals surface area contributed by atoms with E-state index in [2.05, 4.69) is 0 Å². The quantitative estimate of drug-likeness (QED) is 0.581. The number of likely N-dealkylation sites (N-methyl/N-ethyl adjacent to an activating group) is 1. The molecule has 0 saturated heterocycles. The van der Waals surface area contributed by atoms with Crippen LogP contribution in [0.25, 0.3) is 0 Å². The summed E-state index contributed by atoms with van der Waals surface area (Å²) in [5, 5.41) is 0. The maximum atomic E-state index is 12.2. The SMILES string of the molecule is CCN(CC)C(=O)COc1cc(C(=O)OCc2ccccc2)ccc1N. The van der Waals surface area contributed by atoms with Gasteiger partial charge in [0, 0.05) is 13.1 Å². The Kier molecular flexibility index (Phi) is 7.02. The summed E-state index contributed by atoms with van der Waals surface area (Å²) in [6, 6.07) is 14.0. The van der Waals surface area contributed by atoms with Gasteiger partial charge in [0.1, 0.15) is 12.4 Å². The summed E-state index contributed by atoms with van der Waals surface area (Å²) in [6.45, 7) is 5.08. The summed E-state index contributed by atoms with van der Waals surface area (Å²) in [7, 11) is 0. The smallest absolute Gasteiger partial charge is 0.338 e. The van der Waals surface area contributed by atoms with E-state index in [1.165, 1.54) is 6.07 Å². The minimum atomic E-state index is -0.478. The van der Waals surface area contributed by atoms with E-state index in [0.717, 1.165) is 5.56 Å². The lowest BCUT2D eigenvalue weighted by Gasteiger charge is -2.19. The second-order valence-corrected chi connectivity index (χ2v) is 5.67. The number of benzene rings is 2. The van der Waals surface area contributed by atoms with Crippen molar-refractivity contribution in [3.05, 3.63) is 59.7 Å². The van der Waals surface area contributed by atoms with Crippen LogP contribution in [0.15, 0.2) is 48.5 Å². The van der Waals surface area contributed by atoms with Gasteiger partial charge in [-0.3, -0.25) is 4.79 Å². The third-order valence-electron chi connectivity index (χ3n) is 3.93. The molecule has 0 aliphatic carbocycles. The van der Waals surface area contributed by atoms with Crippen molar-refractivity contribution in [3.63, 3.8) is 0 Å². The Morgan fingerprint density at radius 3 is 2.38 bits per heavy atom. The fourth-order valence-corrected chi connectivity index (χ4v) is 2.40. The third-order valence-corrected chi connectivity index (χ3v) is 3.93. The van der Waals surface area contributed by atoms with Crippen LogP contribution in [0.5, 0.6) is 5.75 Å². The van der Waals surface area contributed by atoms with Crippen LogP contribution in [0.4, 0.5) is 5.69 Å². The zero-order valence-corrected chi connectivity index (χ0v) is 15.1. The predicted octanol–water partition coefficient (Wildman–Crippen LogP) is 2.87. The van der Waals surface area contributed by atoms with E-state index in [9.17, 15) is 9.59 Å². The molecule has 0 aliphatic rings. The number of carbonyl (C=O) groups excluding carboxylic acids is 2. The molecule has 138 valence electrons. The number of nitrogens with two attached hydrogens (primary N) is 1. The number of ether oxygens (including phenoxy) is 2. The Labute approximate surface area is 153 Å². The maximum absolute atomic E-state index is 12.2. The van der Waals surface area contributed by atoms with Gasteiger partial charge in [0.25, 0.3) is 5.91 Å². The second kappa shape index (κ2) is 9.46. The highest BCUT2D eigenvalue weighted by Crippen LogP contribution is 2.23. The first-order valence-electron chi connectivity index (χ1n) is 8.56. The van der Waals surface area contributed by atoms with Gasteiger partial charge in [-0.15, -0.1) is 0 Å². The highest BCUT2D eigenvalue weighted by molar-refractivity contribution is 5.90. The second-order valence-electron chi connectivity index (χ2n) is 5.67. The lowest BCUT2D eigenvalue weighted by Crippen LogP contribution is -2.34. The lowest BCUT2D eigenvalue weighted by molar-refractivity contribution is -0.132. The van der Waals surface area contributed by atoms with Crippen LogP contribution in [0.2, 0.25) is 0 Å². The molecule has 0 atom stereocenters. The van der Waals surface area contributed by atoms with Gasteiger partial charge in [-0.2, -0.15) is 0 Å². The highest BCUT2D eigenvalue weighted by Gasteiger charge is 2.14. The molecule has 0 aliphatic heterocycles. The number of hydrogen-bond donors (Lipinski definition) is 1. The Balaban J connectivity index is 1.99. The van der Waals surface area contributed by atoms with Gasteiger partial charge >= 0.3 is 5.97 Å². The van der Waals surface area contributed by atoms with E-state index in [1.807, 2.05) is 44.2 Å². The van der Waals surface area contributed by atoms with Crippen LogP contribution < -0.4 is 10.5 Å². The molecule has 6 nitrogen and oxygen atoms in total. The average molecular weight is 356 g/mol. The van der Waals surface area contributed by atoms with Crippen LogP contribution in [-0.4, -0.2) is 36.5 Å². The Hall–Kier alpha value is -3.02. The molecule has 2 N–H and O–H groups in total. The van der Waals surface area contributed by atoms with Crippen LogP contribution >= 0.6 is 0 Å². The highest BCUT2D eigenvalue weighted by atomic mass is 16.5. The van der Waals surface area contributed by atoms with Crippen molar-refractivity contribution < 1.29 is 19.1 Å². The molecule has 0 bridgehead atoms. The molecule has 2 aromatic carbocycles. The Bertz CT molecular complexity index is 743. The first kappa shape index (κ1) is 19.3. The number of esters is 1. The lowest BCUT2D eigenvalue weighted by atomic mass is 10.2. The van der Waals surface area contributed by atoms with Gasteiger partial charge in [-0.25, -0.2) is 4.79 Å². The molecular weight excluding hydrogens is 332 g/mol. The molecule has 0 spiro atoms. The number of amides is 1. The minimum Gasteiger partial charge on any atom is -0.482 e. The molecule has 0 radical (unpaired) electrons. The topological polar surface area (TPSA) is 81.9 Å². The van der Waals surface area contributed by atoms with Gasteiger partial charge in [0.2, 0.25) is 0 Å². The van der Waals surface area contributed by atoms with Crippen molar-refractivity contribution >= 4 is 17.6 Å². The standard InChI is InChI=1S/C20H24N2O4/c1-3-22(4-2)19(23)14-25-18-12-16(10-11-17(18)21)20(24)26-13-15-8-6-5-7-9-15/h5-12H,3-4,13-14,21H2,1-2H3. The largest absolute Gasteiger partial charge is 0.482 e. The predicted molar refractivity (Wildman–Crippen MR) is 99.8 cm³/mol. The third kappa shape index (κ3) is 5.24. The molecule has 0 aromatic heterocycles. The van der Waals surface area contributed by atoms with E-state index in [4.69, 9.17) is 15.2 Å². The molecule has 2 aromatic rings. The summed E-state index contributed by atoms with van der Waals surface area (Å²) in [4.78, 5) is 25.9. The zero-order valence-electron chi connectivity index (χ0n) is 15.1. The normalized spacial score (nSPS) is 10.2. The first-order chi connectivity index (χ1) is 12.5. The molecule has 2 rings (SSSR count). The first-order valence-corrected chi connectivity index (χ1v) is 8.56. The van der Waals surface area contributed by atoms with Gasteiger partial charge in [-0.1, -0.05) is 30.3 Å². The fraction of sp³-hybridized carbons (Fsp3) is 0.300. The number of anilines is 1. The Morgan fingerprint density at radius 1 is 1.04 bits per heavy atom. The summed E-state index contributed by atoms with van der Waals surface area (Å²) in [6.07, 6.45) is 0. The van der Waals surface area contributed by atoms with Crippen molar-refractivity contribution in [2.45, 2.75) is 20.5 Å². The minimum absolute atomic E-state index is 0.131. The zero-order chi connectivity index (χ0) is 18.9. The monoisotopic (exact) mass is 356 g/mol. The van der Waals surface area contributed by atoms with E-state index in [0.29, 0.717) is 30.1 Å². The van der Waals surface area contributed by atoms with Crippen molar-refractivity contribution in [1.29, 1.82) is 0 Å². The van der Waals surface area contributed by atoms with Crippen LogP contribution in [0.3, 0.4) is 0 Å². The molecule has 6 heteroatoms. The van der Waals surface area contributed by atoms with Gasteiger partial charge < -0.3 is 20.1 Å². The van der Waals surface area contributed by atoms with Gasteiger partial charge in [0.15, 0.2) is 6.61 Å². The Morgan fingerprint density at radius 2 is 1.73 bits per heavy atom.